The van der Waals surface area contributed by atoms with Crippen LogP contribution in [-0.2, 0) is 45.3 Å². The SMILES string of the molecule is CCCCO.CCCCO.CCOC(C)=O.CCOC(C)=O.[Zr]. The summed E-state index contributed by atoms with van der Waals surface area (Å²) in [7, 11) is 0. The number of ether oxygens (including phenoxy) is 2. The van der Waals surface area contributed by atoms with Gasteiger partial charge >= 0.3 is 11.9 Å². The van der Waals surface area contributed by atoms with Gasteiger partial charge in [-0.25, -0.2) is 0 Å². The number of aliphatic hydroxyl groups excluding tert-OH is 2. The summed E-state index contributed by atoms with van der Waals surface area (Å²) in [5.74, 6) is -0.421. The molecule has 23 heavy (non-hydrogen) atoms. The molecule has 2 N–H and O–H groups in total. The van der Waals surface area contributed by atoms with E-state index < -0.39 is 0 Å². The maximum atomic E-state index is 9.82. The molecule has 0 aliphatic heterocycles. The van der Waals surface area contributed by atoms with Gasteiger partial charge in [0.2, 0.25) is 0 Å². The first-order chi connectivity index (χ1) is 10.4. The van der Waals surface area contributed by atoms with Crippen molar-refractivity contribution in [3.05, 3.63) is 0 Å². The van der Waals surface area contributed by atoms with E-state index >= 15 is 0 Å². The molecule has 0 bridgehead atoms. The van der Waals surface area contributed by atoms with Crippen molar-refractivity contribution in [1.82, 2.24) is 0 Å². The minimum absolute atomic E-state index is 0. The number of esters is 2. The Morgan fingerprint density at radius 2 is 1.00 bits per heavy atom. The number of carbonyl (C=O) groups is 2. The molecule has 0 aliphatic rings. The van der Waals surface area contributed by atoms with Crippen LogP contribution in [-0.4, -0.2) is 48.6 Å². The summed E-state index contributed by atoms with van der Waals surface area (Å²) in [6.45, 7) is 12.1. The number of carbonyl (C=O) groups excluding carboxylic acids is 2. The predicted molar refractivity (Wildman–Crippen MR) is 88.6 cm³/mol. The first-order valence-corrected chi connectivity index (χ1v) is 7.85. The maximum absolute atomic E-state index is 9.82. The Morgan fingerprint density at radius 3 is 1.00 bits per heavy atom. The Balaban J connectivity index is -0.0000000620. The molecule has 0 saturated heterocycles. The third-order valence-corrected chi connectivity index (χ3v) is 1.72. The summed E-state index contributed by atoms with van der Waals surface area (Å²) in [6.07, 6.45) is 4.08. The maximum Gasteiger partial charge on any atom is 0.302 e. The second-order valence-electron chi connectivity index (χ2n) is 4.00. The zero-order chi connectivity index (χ0) is 18.2. The molecule has 0 aliphatic carbocycles. The fourth-order valence-corrected chi connectivity index (χ4v) is 0.723. The fourth-order valence-electron chi connectivity index (χ4n) is 0.723. The van der Waals surface area contributed by atoms with Crippen LogP contribution in [0.2, 0.25) is 0 Å². The van der Waals surface area contributed by atoms with E-state index in [0.717, 1.165) is 25.7 Å². The van der Waals surface area contributed by atoms with Crippen LogP contribution in [0, 0.1) is 0 Å². The van der Waals surface area contributed by atoms with E-state index in [2.05, 4.69) is 23.3 Å². The molecule has 140 valence electrons. The largest absolute Gasteiger partial charge is 0.466 e. The van der Waals surface area contributed by atoms with Gasteiger partial charge in [-0.1, -0.05) is 26.7 Å². The first-order valence-electron chi connectivity index (χ1n) is 7.85. The summed E-state index contributed by atoms with van der Waals surface area (Å²) < 4.78 is 8.81. The van der Waals surface area contributed by atoms with Gasteiger partial charge < -0.3 is 19.7 Å². The minimum atomic E-state index is -0.211. The fraction of sp³-hybridized carbons (Fsp3) is 0.875. The van der Waals surface area contributed by atoms with Gasteiger partial charge in [-0.15, -0.1) is 0 Å². The molecule has 0 saturated carbocycles. The van der Waals surface area contributed by atoms with Gasteiger partial charge in [-0.3, -0.25) is 9.59 Å². The second kappa shape index (κ2) is 37.7. The summed E-state index contributed by atoms with van der Waals surface area (Å²) in [5, 5.41) is 16.1. The van der Waals surface area contributed by atoms with E-state index in [1.165, 1.54) is 13.8 Å². The number of hydrogen-bond donors (Lipinski definition) is 2. The third-order valence-electron chi connectivity index (χ3n) is 1.72. The molecular weight excluding hydrogens is 379 g/mol. The molecule has 0 aromatic rings. The smallest absolute Gasteiger partial charge is 0.302 e. The Bertz CT molecular complexity index is 187. The Labute approximate surface area is 161 Å². The van der Waals surface area contributed by atoms with Gasteiger partial charge in [0.25, 0.3) is 0 Å². The van der Waals surface area contributed by atoms with Crippen molar-refractivity contribution < 1.29 is 55.5 Å². The number of rotatable bonds is 6. The van der Waals surface area contributed by atoms with Crippen molar-refractivity contribution in [3.8, 4) is 0 Å². The molecule has 0 unspecified atom stereocenters. The standard InChI is InChI=1S/2C4H8O2.2C4H10O.Zr/c2*1-3-6-4(2)5;2*1-2-3-4-5;/h2*3H2,1-2H3;2*5H,2-4H2,1H3;. The molecule has 0 aromatic heterocycles. The number of unbranched alkanes of at least 4 members (excludes halogenated alkanes) is 2. The Hall–Kier alpha value is -0.257. The van der Waals surface area contributed by atoms with Crippen LogP contribution in [0.3, 0.4) is 0 Å². The van der Waals surface area contributed by atoms with E-state index in [9.17, 15) is 9.59 Å². The van der Waals surface area contributed by atoms with Crippen molar-refractivity contribution in [1.29, 1.82) is 0 Å². The Morgan fingerprint density at radius 1 is 0.739 bits per heavy atom. The zero-order valence-electron chi connectivity index (χ0n) is 15.7. The van der Waals surface area contributed by atoms with Gasteiger partial charge in [-0.2, -0.15) is 0 Å². The van der Waals surface area contributed by atoms with Crippen molar-refractivity contribution in [3.63, 3.8) is 0 Å². The molecular formula is C16H36O6Zr. The third kappa shape index (κ3) is 89.3. The molecule has 0 amide bonds. The predicted octanol–water partition coefficient (Wildman–Crippen LogP) is 2.69. The van der Waals surface area contributed by atoms with Crippen molar-refractivity contribution >= 4 is 11.9 Å². The molecule has 0 aromatic carbocycles. The molecule has 0 atom stereocenters. The van der Waals surface area contributed by atoms with Gasteiger partial charge in [-0.05, 0) is 26.7 Å². The average Bonchev–Trinajstić information content (AvgIpc) is 2.42. The summed E-state index contributed by atoms with van der Waals surface area (Å²) in [6, 6.07) is 0. The summed E-state index contributed by atoms with van der Waals surface area (Å²) >= 11 is 0. The molecule has 6 nitrogen and oxygen atoms in total. The first kappa shape index (κ1) is 34.2. The molecule has 0 spiro atoms. The Kier molecular flexibility index (Phi) is 56.1. The van der Waals surface area contributed by atoms with Crippen molar-refractivity contribution in [2.45, 2.75) is 67.2 Å². The molecule has 0 rings (SSSR count). The summed E-state index contributed by atoms with van der Waals surface area (Å²) in [5.41, 5.74) is 0. The topological polar surface area (TPSA) is 93.1 Å². The van der Waals surface area contributed by atoms with Crippen molar-refractivity contribution in [2.24, 2.45) is 0 Å². The van der Waals surface area contributed by atoms with E-state index in [1.54, 1.807) is 13.8 Å². The molecule has 7 heteroatoms. The van der Waals surface area contributed by atoms with Gasteiger partial charge in [0.15, 0.2) is 0 Å². The van der Waals surface area contributed by atoms with Crippen LogP contribution in [0.1, 0.15) is 67.2 Å². The van der Waals surface area contributed by atoms with Crippen LogP contribution in [0.25, 0.3) is 0 Å². The summed E-state index contributed by atoms with van der Waals surface area (Å²) in [4.78, 5) is 19.6. The van der Waals surface area contributed by atoms with Gasteiger partial charge in [0.1, 0.15) is 0 Å². The van der Waals surface area contributed by atoms with Crippen LogP contribution in [0.15, 0.2) is 0 Å². The molecule has 0 radical (unpaired) electrons. The molecule has 0 heterocycles. The van der Waals surface area contributed by atoms with Crippen LogP contribution in [0.5, 0.6) is 0 Å². The number of aliphatic hydroxyl groups is 2. The monoisotopic (exact) mass is 414 g/mol. The van der Waals surface area contributed by atoms with Gasteiger partial charge in [0, 0.05) is 53.3 Å². The zero-order valence-corrected chi connectivity index (χ0v) is 18.1. The van der Waals surface area contributed by atoms with E-state index in [1.807, 2.05) is 0 Å². The van der Waals surface area contributed by atoms with Crippen LogP contribution < -0.4 is 0 Å². The number of hydrogen-bond acceptors (Lipinski definition) is 6. The van der Waals surface area contributed by atoms with Crippen LogP contribution >= 0.6 is 0 Å². The normalized spacial score (nSPS) is 7.65. The van der Waals surface area contributed by atoms with E-state index in [4.69, 9.17) is 10.2 Å². The van der Waals surface area contributed by atoms with E-state index in [-0.39, 0.29) is 38.1 Å². The van der Waals surface area contributed by atoms with E-state index in [0.29, 0.717) is 26.4 Å². The molecule has 0 fully saturated rings. The minimum Gasteiger partial charge on any atom is -0.466 e. The quantitative estimate of drug-likeness (QED) is 0.648. The van der Waals surface area contributed by atoms with Gasteiger partial charge in [0.05, 0.1) is 13.2 Å². The average molecular weight is 416 g/mol. The van der Waals surface area contributed by atoms with Crippen molar-refractivity contribution in [2.75, 3.05) is 26.4 Å². The van der Waals surface area contributed by atoms with Crippen LogP contribution in [0.4, 0.5) is 0 Å². The second-order valence-corrected chi connectivity index (χ2v) is 4.00.